The minimum atomic E-state index is -0.265. The summed E-state index contributed by atoms with van der Waals surface area (Å²) in [5.41, 5.74) is 6.63. The van der Waals surface area contributed by atoms with Crippen molar-refractivity contribution >= 4 is 5.91 Å². The number of rotatable bonds is 8. The topological polar surface area (TPSA) is 64.3 Å². The molecule has 0 aliphatic carbocycles. The van der Waals surface area contributed by atoms with E-state index in [2.05, 4.69) is 5.32 Å². The molecule has 0 radical (unpaired) electrons. The molecule has 0 saturated heterocycles. The average molecular weight is 250 g/mol. The van der Waals surface area contributed by atoms with E-state index in [-0.39, 0.29) is 11.8 Å². The summed E-state index contributed by atoms with van der Waals surface area (Å²) < 4.78 is 5.21. The van der Waals surface area contributed by atoms with Gasteiger partial charge in [-0.15, -0.1) is 0 Å². The summed E-state index contributed by atoms with van der Waals surface area (Å²) >= 11 is 0. The molecule has 1 unspecified atom stereocenters. The van der Waals surface area contributed by atoms with E-state index >= 15 is 0 Å². The average Bonchev–Trinajstić information content (AvgIpc) is 2.40. The SMILES string of the molecule is CCOCCCNC(=O)C(CN)c1ccccc1. The Balaban J connectivity index is 2.39. The van der Waals surface area contributed by atoms with Crippen LogP contribution < -0.4 is 11.1 Å². The summed E-state index contributed by atoms with van der Waals surface area (Å²) in [6.45, 7) is 4.29. The van der Waals surface area contributed by atoms with Crippen molar-refractivity contribution in [2.45, 2.75) is 19.3 Å². The lowest BCUT2D eigenvalue weighted by atomic mass is 9.98. The van der Waals surface area contributed by atoms with Gasteiger partial charge in [-0.3, -0.25) is 4.79 Å². The second kappa shape index (κ2) is 8.66. The zero-order chi connectivity index (χ0) is 13.2. The second-order valence-corrected chi connectivity index (χ2v) is 4.04. The summed E-state index contributed by atoms with van der Waals surface area (Å²) in [5.74, 6) is -0.279. The highest BCUT2D eigenvalue weighted by Gasteiger charge is 2.17. The van der Waals surface area contributed by atoms with Crippen LogP contribution in [0.4, 0.5) is 0 Å². The van der Waals surface area contributed by atoms with E-state index in [0.717, 1.165) is 12.0 Å². The molecule has 0 bridgehead atoms. The van der Waals surface area contributed by atoms with Crippen LogP contribution in [0.2, 0.25) is 0 Å². The third-order valence-electron chi connectivity index (χ3n) is 2.72. The lowest BCUT2D eigenvalue weighted by Gasteiger charge is -2.15. The highest BCUT2D eigenvalue weighted by Crippen LogP contribution is 2.13. The van der Waals surface area contributed by atoms with E-state index < -0.39 is 0 Å². The zero-order valence-corrected chi connectivity index (χ0v) is 10.9. The number of amides is 1. The van der Waals surface area contributed by atoms with Gasteiger partial charge in [0, 0.05) is 26.3 Å². The third kappa shape index (κ3) is 4.85. The molecular weight excluding hydrogens is 228 g/mol. The van der Waals surface area contributed by atoms with Crippen LogP contribution in [0.1, 0.15) is 24.8 Å². The molecule has 0 aliphatic heterocycles. The predicted molar refractivity (Wildman–Crippen MR) is 72.4 cm³/mol. The van der Waals surface area contributed by atoms with E-state index in [0.29, 0.717) is 26.3 Å². The van der Waals surface area contributed by atoms with Gasteiger partial charge in [0.05, 0.1) is 5.92 Å². The molecule has 1 aromatic carbocycles. The molecule has 4 nitrogen and oxygen atoms in total. The summed E-state index contributed by atoms with van der Waals surface area (Å²) in [6, 6.07) is 9.62. The monoisotopic (exact) mass is 250 g/mol. The van der Waals surface area contributed by atoms with Crippen LogP contribution in [-0.4, -0.2) is 32.2 Å². The Labute approximate surface area is 109 Å². The van der Waals surface area contributed by atoms with Crippen molar-refractivity contribution in [2.75, 3.05) is 26.3 Å². The van der Waals surface area contributed by atoms with Crippen molar-refractivity contribution in [2.24, 2.45) is 5.73 Å². The molecule has 0 saturated carbocycles. The highest BCUT2D eigenvalue weighted by atomic mass is 16.5. The molecule has 0 aromatic heterocycles. The summed E-state index contributed by atoms with van der Waals surface area (Å²) in [7, 11) is 0. The zero-order valence-electron chi connectivity index (χ0n) is 10.9. The van der Waals surface area contributed by atoms with E-state index in [9.17, 15) is 4.79 Å². The van der Waals surface area contributed by atoms with E-state index in [1.807, 2.05) is 37.3 Å². The van der Waals surface area contributed by atoms with Gasteiger partial charge in [-0.05, 0) is 18.9 Å². The number of benzene rings is 1. The molecule has 0 fully saturated rings. The first-order valence-corrected chi connectivity index (χ1v) is 6.40. The molecule has 1 amide bonds. The third-order valence-corrected chi connectivity index (χ3v) is 2.72. The smallest absolute Gasteiger partial charge is 0.228 e. The van der Waals surface area contributed by atoms with Crippen LogP contribution in [0, 0.1) is 0 Å². The number of carbonyl (C=O) groups is 1. The number of nitrogens with two attached hydrogens (primary N) is 1. The fourth-order valence-corrected chi connectivity index (χ4v) is 1.73. The Bertz CT molecular complexity index is 341. The van der Waals surface area contributed by atoms with Crippen LogP contribution in [0.15, 0.2) is 30.3 Å². The molecule has 0 spiro atoms. The van der Waals surface area contributed by atoms with Crippen molar-refractivity contribution < 1.29 is 9.53 Å². The standard InChI is InChI=1S/C14H22N2O2/c1-2-18-10-6-9-16-14(17)13(11-15)12-7-4-3-5-8-12/h3-5,7-8,13H,2,6,9-11,15H2,1H3,(H,16,17). The summed E-state index contributed by atoms with van der Waals surface area (Å²) in [6.07, 6.45) is 0.825. The Morgan fingerprint density at radius 2 is 2.11 bits per heavy atom. The maximum Gasteiger partial charge on any atom is 0.228 e. The lowest BCUT2D eigenvalue weighted by molar-refractivity contribution is -0.122. The molecule has 1 aromatic rings. The Morgan fingerprint density at radius 3 is 2.72 bits per heavy atom. The summed E-state index contributed by atoms with van der Waals surface area (Å²) in [4.78, 5) is 12.0. The van der Waals surface area contributed by atoms with Gasteiger partial charge in [-0.1, -0.05) is 30.3 Å². The van der Waals surface area contributed by atoms with Crippen molar-refractivity contribution in [3.05, 3.63) is 35.9 Å². The molecule has 100 valence electrons. The molecule has 4 heteroatoms. The second-order valence-electron chi connectivity index (χ2n) is 4.04. The largest absolute Gasteiger partial charge is 0.382 e. The minimum absolute atomic E-state index is 0.0137. The number of hydrogen-bond acceptors (Lipinski definition) is 3. The van der Waals surface area contributed by atoms with Crippen LogP contribution in [0.5, 0.6) is 0 Å². The van der Waals surface area contributed by atoms with Gasteiger partial charge < -0.3 is 15.8 Å². The van der Waals surface area contributed by atoms with Gasteiger partial charge in [0.15, 0.2) is 0 Å². The first-order chi connectivity index (χ1) is 8.79. The van der Waals surface area contributed by atoms with Gasteiger partial charge in [-0.2, -0.15) is 0 Å². The molecule has 3 N–H and O–H groups in total. The molecule has 0 aliphatic rings. The Hall–Kier alpha value is -1.39. The van der Waals surface area contributed by atoms with Crippen molar-refractivity contribution in [1.82, 2.24) is 5.32 Å². The van der Waals surface area contributed by atoms with Gasteiger partial charge in [0.2, 0.25) is 5.91 Å². The predicted octanol–water partition coefficient (Wildman–Crippen LogP) is 1.27. The van der Waals surface area contributed by atoms with E-state index in [1.165, 1.54) is 0 Å². The Kier molecular flexibility index (Phi) is 7.06. The molecule has 18 heavy (non-hydrogen) atoms. The number of carbonyl (C=O) groups excluding carboxylic acids is 1. The maximum atomic E-state index is 12.0. The fraction of sp³-hybridized carbons (Fsp3) is 0.500. The molecule has 1 rings (SSSR count). The number of ether oxygens (including phenoxy) is 1. The number of hydrogen-bond donors (Lipinski definition) is 2. The van der Waals surface area contributed by atoms with Crippen molar-refractivity contribution in [3.63, 3.8) is 0 Å². The quantitative estimate of drug-likeness (QED) is 0.683. The number of nitrogens with one attached hydrogen (secondary N) is 1. The lowest BCUT2D eigenvalue weighted by Crippen LogP contribution is -2.34. The van der Waals surface area contributed by atoms with Crippen molar-refractivity contribution in [3.8, 4) is 0 Å². The minimum Gasteiger partial charge on any atom is -0.382 e. The van der Waals surface area contributed by atoms with Gasteiger partial charge >= 0.3 is 0 Å². The first kappa shape index (κ1) is 14.7. The fourth-order valence-electron chi connectivity index (χ4n) is 1.73. The highest BCUT2D eigenvalue weighted by molar-refractivity contribution is 5.83. The van der Waals surface area contributed by atoms with E-state index in [1.54, 1.807) is 0 Å². The maximum absolute atomic E-state index is 12.0. The van der Waals surface area contributed by atoms with Crippen LogP contribution in [0.25, 0.3) is 0 Å². The van der Waals surface area contributed by atoms with Gasteiger partial charge in [0.25, 0.3) is 0 Å². The first-order valence-electron chi connectivity index (χ1n) is 6.40. The van der Waals surface area contributed by atoms with Gasteiger partial charge in [0.1, 0.15) is 0 Å². The van der Waals surface area contributed by atoms with E-state index in [4.69, 9.17) is 10.5 Å². The van der Waals surface area contributed by atoms with Crippen molar-refractivity contribution in [1.29, 1.82) is 0 Å². The molecular formula is C14H22N2O2. The van der Waals surface area contributed by atoms with Crippen LogP contribution in [-0.2, 0) is 9.53 Å². The van der Waals surface area contributed by atoms with Crippen LogP contribution >= 0.6 is 0 Å². The van der Waals surface area contributed by atoms with Gasteiger partial charge in [-0.25, -0.2) is 0 Å². The normalized spacial score (nSPS) is 12.1. The van der Waals surface area contributed by atoms with Crippen LogP contribution in [0.3, 0.4) is 0 Å². The summed E-state index contributed by atoms with van der Waals surface area (Å²) in [5, 5.41) is 2.89. The molecule has 0 heterocycles. The molecule has 1 atom stereocenters. The Morgan fingerprint density at radius 1 is 1.39 bits per heavy atom.